The normalized spacial score (nSPS) is 20.2. The Morgan fingerprint density at radius 2 is 1.82 bits per heavy atom. The van der Waals surface area contributed by atoms with E-state index in [2.05, 4.69) is 19.9 Å². The molecule has 1 aliphatic heterocycles. The first-order chi connectivity index (χ1) is 18.6. The predicted molar refractivity (Wildman–Crippen MR) is 147 cm³/mol. The van der Waals surface area contributed by atoms with Crippen LogP contribution in [0.15, 0.2) is 48.8 Å². The molecule has 4 heterocycles. The third-order valence-electron chi connectivity index (χ3n) is 7.35. The highest BCUT2D eigenvalue weighted by atomic mass is 32.1. The second-order valence-corrected chi connectivity index (χ2v) is 11.9. The Bertz CT molecular complexity index is 1560. The van der Waals surface area contributed by atoms with Crippen molar-refractivity contribution in [2.45, 2.75) is 39.3 Å². The van der Waals surface area contributed by atoms with Gasteiger partial charge in [0.15, 0.2) is 10.8 Å². The molecule has 2 N–H and O–H groups in total. The summed E-state index contributed by atoms with van der Waals surface area (Å²) in [6, 6.07) is 10.5. The van der Waals surface area contributed by atoms with Gasteiger partial charge in [0.25, 0.3) is 5.91 Å². The lowest BCUT2D eigenvalue weighted by atomic mass is 9.94. The van der Waals surface area contributed by atoms with Crippen LogP contribution in [0, 0.1) is 31.5 Å². The fourth-order valence-electron chi connectivity index (χ4n) is 5.10. The zero-order valence-corrected chi connectivity index (χ0v) is 23.0. The summed E-state index contributed by atoms with van der Waals surface area (Å²) in [5.41, 5.74) is 8.96. The Labute approximate surface area is 230 Å². The van der Waals surface area contributed by atoms with Crippen molar-refractivity contribution >= 4 is 17.2 Å². The number of ether oxygens (including phenoxy) is 1. The Kier molecular flexibility index (Phi) is 6.19. The fraction of sp³-hybridized carbons (Fsp3) is 0.345. The van der Waals surface area contributed by atoms with Crippen LogP contribution in [0.25, 0.3) is 22.1 Å². The molecule has 2 fully saturated rings. The van der Waals surface area contributed by atoms with Crippen molar-refractivity contribution in [1.82, 2.24) is 24.8 Å². The summed E-state index contributed by atoms with van der Waals surface area (Å²) < 4.78 is 21.1. The average Bonchev–Trinajstić information content (AvgIpc) is 3.21. The summed E-state index contributed by atoms with van der Waals surface area (Å²) in [4.78, 5) is 33.4. The molecule has 10 heteroatoms. The molecule has 0 spiro atoms. The van der Waals surface area contributed by atoms with Crippen LogP contribution in [-0.4, -0.2) is 49.9 Å². The summed E-state index contributed by atoms with van der Waals surface area (Å²) in [5, 5.41) is 0.636. The SMILES string of the molecule is Cc1ccc(-c2cc(C(C)(C)N)cc(O[C@@H]3[C@@H]4CN(C(=O)c5sc(-c6ncccn6)nc5C)C[C@@H]43)n2)c(F)c1. The van der Waals surface area contributed by atoms with E-state index in [9.17, 15) is 9.18 Å². The van der Waals surface area contributed by atoms with Gasteiger partial charge in [0.05, 0.1) is 11.4 Å². The van der Waals surface area contributed by atoms with Gasteiger partial charge in [-0.15, -0.1) is 11.3 Å². The van der Waals surface area contributed by atoms with Gasteiger partial charge in [0.1, 0.15) is 16.8 Å². The van der Waals surface area contributed by atoms with Gasteiger partial charge in [0.2, 0.25) is 5.88 Å². The predicted octanol–water partition coefficient (Wildman–Crippen LogP) is 4.76. The molecule has 200 valence electrons. The lowest BCUT2D eigenvalue weighted by Gasteiger charge is -2.22. The fourth-order valence-corrected chi connectivity index (χ4v) is 6.08. The molecule has 1 saturated heterocycles. The van der Waals surface area contributed by atoms with Crippen molar-refractivity contribution in [2.75, 3.05) is 13.1 Å². The van der Waals surface area contributed by atoms with Crippen molar-refractivity contribution < 1.29 is 13.9 Å². The van der Waals surface area contributed by atoms with Gasteiger partial charge in [-0.1, -0.05) is 6.07 Å². The van der Waals surface area contributed by atoms with Gasteiger partial charge in [0, 0.05) is 54.5 Å². The number of nitrogens with two attached hydrogens (primary N) is 1. The lowest BCUT2D eigenvalue weighted by molar-refractivity contribution is 0.0755. The van der Waals surface area contributed by atoms with Crippen LogP contribution >= 0.6 is 11.3 Å². The van der Waals surface area contributed by atoms with Crippen molar-refractivity contribution in [3.63, 3.8) is 0 Å². The van der Waals surface area contributed by atoms with Crippen LogP contribution in [0.3, 0.4) is 0 Å². The molecule has 0 unspecified atom stereocenters. The number of hydrogen-bond acceptors (Lipinski definition) is 8. The first-order valence-electron chi connectivity index (χ1n) is 12.9. The van der Waals surface area contributed by atoms with Gasteiger partial charge in [-0.25, -0.2) is 24.3 Å². The number of carbonyl (C=O) groups excluding carboxylic acids is 1. The Morgan fingerprint density at radius 3 is 2.49 bits per heavy atom. The van der Waals surface area contributed by atoms with Gasteiger partial charge in [-0.05, 0) is 63.1 Å². The molecule has 3 aromatic heterocycles. The highest BCUT2D eigenvalue weighted by Crippen LogP contribution is 2.48. The monoisotopic (exact) mass is 544 g/mol. The van der Waals surface area contributed by atoms with Crippen LogP contribution in [0.2, 0.25) is 0 Å². The van der Waals surface area contributed by atoms with E-state index in [1.54, 1.807) is 24.5 Å². The first-order valence-corrected chi connectivity index (χ1v) is 13.7. The minimum Gasteiger partial charge on any atom is -0.474 e. The maximum Gasteiger partial charge on any atom is 0.265 e. The highest BCUT2D eigenvalue weighted by molar-refractivity contribution is 7.17. The summed E-state index contributed by atoms with van der Waals surface area (Å²) in [6.07, 6.45) is 3.27. The topological polar surface area (TPSA) is 107 Å². The summed E-state index contributed by atoms with van der Waals surface area (Å²) in [6.45, 7) is 8.68. The number of aromatic nitrogens is 4. The Balaban J connectivity index is 1.17. The molecule has 39 heavy (non-hydrogen) atoms. The molecular formula is C29H29FN6O2S. The van der Waals surface area contributed by atoms with E-state index in [1.807, 2.05) is 50.8 Å². The number of nitrogens with zero attached hydrogens (tertiary/aromatic N) is 5. The van der Waals surface area contributed by atoms with E-state index in [1.165, 1.54) is 17.4 Å². The van der Waals surface area contributed by atoms with Crippen LogP contribution < -0.4 is 10.5 Å². The van der Waals surface area contributed by atoms with E-state index in [-0.39, 0.29) is 29.7 Å². The van der Waals surface area contributed by atoms with E-state index >= 15 is 0 Å². The molecule has 1 saturated carbocycles. The van der Waals surface area contributed by atoms with E-state index in [4.69, 9.17) is 10.5 Å². The molecule has 4 aromatic rings. The van der Waals surface area contributed by atoms with Crippen molar-refractivity contribution in [3.05, 3.63) is 76.3 Å². The van der Waals surface area contributed by atoms with Crippen molar-refractivity contribution in [1.29, 1.82) is 0 Å². The zero-order chi connectivity index (χ0) is 27.5. The summed E-state index contributed by atoms with van der Waals surface area (Å²) in [5.74, 6) is 1.01. The Hall–Kier alpha value is -3.76. The number of aryl methyl sites for hydroxylation is 2. The van der Waals surface area contributed by atoms with Crippen LogP contribution in [0.5, 0.6) is 5.88 Å². The summed E-state index contributed by atoms with van der Waals surface area (Å²) in [7, 11) is 0. The van der Waals surface area contributed by atoms with Gasteiger partial charge in [-0.2, -0.15) is 0 Å². The second-order valence-electron chi connectivity index (χ2n) is 10.9. The quantitative estimate of drug-likeness (QED) is 0.373. The largest absolute Gasteiger partial charge is 0.474 e. The number of hydrogen-bond donors (Lipinski definition) is 1. The molecule has 0 radical (unpaired) electrons. The number of amides is 1. The lowest BCUT2D eigenvalue weighted by Crippen LogP contribution is -2.33. The molecule has 8 nitrogen and oxygen atoms in total. The number of pyridine rings is 1. The first kappa shape index (κ1) is 25.5. The van der Waals surface area contributed by atoms with E-state index < -0.39 is 5.54 Å². The number of fused-ring (bicyclic) bond motifs is 1. The van der Waals surface area contributed by atoms with Gasteiger partial charge >= 0.3 is 0 Å². The molecule has 6 rings (SSSR count). The number of thiazole rings is 1. The average molecular weight is 545 g/mol. The van der Waals surface area contributed by atoms with Crippen LogP contribution in [-0.2, 0) is 5.54 Å². The van der Waals surface area contributed by atoms with E-state index in [0.29, 0.717) is 51.6 Å². The molecule has 0 bridgehead atoms. The van der Waals surface area contributed by atoms with Crippen molar-refractivity contribution in [3.8, 4) is 28.0 Å². The van der Waals surface area contributed by atoms with Crippen LogP contribution in [0.1, 0.15) is 40.3 Å². The molecule has 2 aliphatic rings. The number of halogens is 1. The standard InChI is InChI=1S/C29H29FN6O2S/c1-15-6-7-18(21(30)10-15)22-11-17(29(3,4)31)12-23(35-22)38-24-19-13-36(14-20(19)24)28(37)25-16(2)34-27(39-25)26-32-8-5-9-33-26/h5-12,19-20,24H,13-14,31H2,1-4H3/t19-,20+,24-. The van der Waals surface area contributed by atoms with Gasteiger partial charge in [-0.3, -0.25) is 4.79 Å². The third kappa shape index (κ3) is 4.90. The van der Waals surface area contributed by atoms with Gasteiger partial charge < -0.3 is 15.4 Å². The number of benzene rings is 1. The third-order valence-corrected chi connectivity index (χ3v) is 8.50. The maximum absolute atomic E-state index is 14.8. The molecule has 1 aromatic carbocycles. The molecule has 3 atom stereocenters. The van der Waals surface area contributed by atoms with Crippen molar-refractivity contribution in [2.24, 2.45) is 17.6 Å². The molecular weight excluding hydrogens is 515 g/mol. The number of likely N-dealkylation sites (tertiary alicyclic amines) is 1. The summed E-state index contributed by atoms with van der Waals surface area (Å²) >= 11 is 1.32. The molecule has 1 amide bonds. The number of carbonyl (C=O) groups is 1. The second kappa shape index (κ2) is 9.46. The minimum absolute atomic E-state index is 0.0275. The smallest absolute Gasteiger partial charge is 0.265 e. The highest BCUT2D eigenvalue weighted by Gasteiger charge is 2.59. The number of rotatable bonds is 6. The van der Waals surface area contributed by atoms with Crippen LogP contribution in [0.4, 0.5) is 4.39 Å². The Morgan fingerprint density at radius 1 is 1.10 bits per heavy atom. The number of piperidine rings is 1. The maximum atomic E-state index is 14.8. The van der Waals surface area contributed by atoms with E-state index in [0.717, 1.165) is 11.1 Å². The zero-order valence-electron chi connectivity index (χ0n) is 22.2. The molecule has 1 aliphatic carbocycles. The minimum atomic E-state index is -0.657.